The van der Waals surface area contributed by atoms with E-state index in [9.17, 15) is 15.0 Å². The van der Waals surface area contributed by atoms with Crippen LogP contribution in [0.1, 0.15) is 32.1 Å². The molecule has 0 saturated heterocycles. The zero-order valence-corrected chi connectivity index (χ0v) is 9.67. The molecule has 4 nitrogen and oxygen atoms in total. The molecule has 0 aliphatic heterocycles. The summed E-state index contributed by atoms with van der Waals surface area (Å²) in [6.45, 7) is 0. The summed E-state index contributed by atoms with van der Waals surface area (Å²) < 4.78 is 0. The van der Waals surface area contributed by atoms with Crippen LogP contribution in [0.2, 0.25) is 0 Å². The molecular formula is C13H18O4. The molecule has 3 N–H and O–H groups in total. The Morgan fingerprint density at radius 1 is 1.29 bits per heavy atom. The normalized spacial score (nSPS) is 34.4. The zero-order valence-electron chi connectivity index (χ0n) is 9.67. The van der Waals surface area contributed by atoms with Gasteiger partial charge in [0.15, 0.2) is 0 Å². The number of allylic oxidation sites excluding steroid dienone is 1. The summed E-state index contributed by atoms with van der Waals surface area (Å²) in [6, 6.07) is 0. The van der Waals surface area contributed by atoms with Crippen molar-refractivity contribution in [2.24, 2.45) is 11.8 Å². The van der Waals surface area contributed by atoms with Crippen LogP contribution in [0.5, 0.6) is 0 Å². The van der Waals surface area contributed by atoms with Crippen LogP contribution >= 0.6 is 0 Å². The third-order valence-corrected chi connectivity index (χ3v) is 3.86. The highest BCUT2D eigenvalue weighted by atomic mass is 16.4. The molecule has 2 unspecified atom stereocenters. The van der Waals surface area contributed by atoms with Gasteiger partial charge in [-0.05, 0) is 30.9 Å². The molecule has 4 heteroatoms. The Labute approximate surface area is 100 Å². The van der Waals surface area contributed by atoms with Crippen molar-refractivity contribution >= 4 is 5.97 Å². The lowest BCUT2D eigenvalue weighted by Crippen LogP contribution is -2.48. The second kappa shape index (κ2) is 4.53. The van der Waals surface area contributed by atoms with Crippen molar-refractivity contribution in [1.29, 1.82) is 0 Å². The quantitative estimate of drug-likeness (QED) is 0.687. The molecule has 1 saturated carbocycles. The maximum absolute atomic E-state index is 11.2. The highest BCUT2D eigenvalue weighted by molar-refractivity contribution is 5.75. The highest BCUT2D eigenvalue weighted by Crippen LogP contribution is 2.41. The smallest absolute Gasteiger partial charge is 0.313 e. The Hall–Kier alpha value is -1.29. The second-order valence-electron chi connectivity index (χ2n) is 4.97. The Kier molecular flexibility index (Phi) is 3.24. The van der Waals surface area contributed by atoms with Gasteiger partial charge in [0.2, 0.25) is 0 Å². The van der Waals surface area contributed by atoms with Crippen molar-refractivity contribution < 1.29 is 20.1 Å². The summed E-state index contributed by atoms with van der Waals surface area (Å²) in [4.78, 5) is 11.2. The molecular weight excluding hydrogens is 220 g/mol. The van der Waals surface area contributed by atoms with Crippen molar-refractivity contribution in [2.45, 2.75) is 37.7 Å². The number of aliphatic hydroxyl groups is 2. The maximum Gasteiger partial charge on any atom is 0.313 e. The minimum atomic E-state index is -1.44. The summed E-state index contributed by atoms with van der Waals surface area (Å²) in [5, 5.41) is 29.3. The molecule has 0 heterocycles. The molecule has 2 aliphatic carbocycles. The standard InChI is InChI=1S/C13H18O4/c14-10-6-7-11(12(15)16)13(17,8-10)9-4-2-1-3-5-9/h6-9,11,14,17H,1-5H2,(H,15,16). The Balaban J connectivity index is 2.29. The summed E-state index contributed by atoms with van der Waals surface area (Å²) in [5.74, 6) is -2.13. The molecule has 94 valence electrons. The zero-order chi connectivity index (χ0) is 12.5. The van der Waals surface area contributed by atoms with E-state index in [0.29, 0.717) is 0 Å². The number of aliphatic hydroxyl groups excluding tert-OH is 1. The summed E-state index contributed by atoms with van der Waals surface area (Å²) in [7, 11) is 0. The number of hydrogen-bond donors (Lipinski definition) is 3. The number of carboxylic acids is 1. The number of hydrogen-bond acceptors (Lipinski definition) is 3. The third-order valence-electron chi connectivity index (χ3n) is 3.86. The monoisotopic (exact) mass is 238 g/mol. The van der Waals surface area contributed by atoms with Gasteiger partial charge in [-0.2, -0.15) is 0 Å². The van der Waals surface area contributed by atoms with Crippen LogP contribution < -0.4 is 0 Å². The fraction of sp³-hybridized carbons (Fsp3) is 0.615. The number of carbonyl (C=O) groups is 1. The molecule has 2 rings (SSSR count). The predicted octanol–water partition coefficient (Wildman–Crippen LogP) is 2.01. The Bertz CT molecular complexity index is 366. The van der Waals surface area contributed by atoms with Crippen molar-refractivity contribution in [3.8, 4) is 0 Å². The minimum absolute atomic E-state index is 0.0458. The predicted molar refractivity (Wildman–Crippen MR) is 62.5 cm³/mol. The number of aliphatic carboxylic acids is 1. The summed E-state index contributed by atoms with van der Waals surface area (Å²) in [6.07, 6.45) is 8.82. The second-order valence-corrected chi connectivity index (χ2v) is 4.97. The van der Waals surface area contributed by atoms with Gasteiger partial charge >= 0.3 is 5.97 Å². The SMILES string of the molecule is O=C(O)C1C=CC(O)=CC1(O)C1CCCCC1. The van der Waals surface area contributed by atoms with E-state index in [1.807, 2.05) is 0 Å². The van der Waals surface area contributed by atoms with E-state index in [4.69, 9.17) is 5.11 Å². The van der Waals surface area contributed by atoms with Crippen molar-refractivity contribution in [3.05, 3.63) is 24.0 Å². The van der Waals surface area contributed by atoms with Gasteiger partial charge in [-0.25, -0.2) is 0 Å². The average Bonchev–Trinajstić information content (AvgIpc) is 2.29. The van der Waals surface area contributed by atoms with Gasteiger partial charge in [0, 0.05) is 0 Å². The largest absolute Gasteiger partial charge is 0.508 e. The van der Waals surface area contributed by atoms with E-state index >= 15 is 0 Å². The maximum atomic E-state index is 11.2. The third kappa shape index (κ3) is 2.22. The molecule has 0 radical (unpaired) electrons. The van der Waals surface area contributed by atoms with Crippen LogP contribution in [0, 0.1) is 11.8 Å². The summed E-state index contributed by atoms with van der Waals surface area (Å²) in [5.41, 5.74) is -1.44. The molecule has 0 aromatic heterocycles. The molecule has 17 heavy (non-hydrogen) atoms. The van der Waals surface area contributed by atoms with Gasteiger partial charge in [-0.3, -0.25) is 4.79 Å². The number of rotatable bonds is 2. The van der Waals surface area contributed by atoms with Gasteiger partial charge < -0.3 is 15.3 Å². The topological polar surface area (TPSA) is 77.8 Å². The van der Waals surface area contributed by atoms with Gasteiger partial charge in [0.25, 0.3) is 0 Å². The Morgan fingerprint density at radius 3 is 2.53 bits per heavy atom. The average molecular weight is 238 g/mol. The first kappa shape index (κ1) is 12.2. The van der Waals surface area contributed by atoms with E-state index in [-0.39, 0.29) is 11.7 Å². The van der Waals surface area contributed by atoms with Crippen molar-refractivity contribution in [2.75, 3.05) is 0 Å². The van der Waals surface area contributed by atoms with E-state index < -0.39 is 17.5 Å². The number of carboxylic acid groups (broad SMARTS) is 1. The molecule has 0 amide bonds. The minimum Gasteiger partial charge on any atom is -0.508 e. The molecule has 0 bridgehead atoms. The lowest BCUT2D eigenvalue weighted by Gasteiger charge is -2.40. The molecule has 2 atom stereocenters. The van der Waals surface area contributed by atoms with Crippen molar-refractivity contribution in [1.82, 2.24) is 0 Å². The molecule has 0 spiro atoms. The first-order valence-corrected chi connectivity index (χ1v) is 6.09. The van der Waals surface area contributed by atoms with Gasteiger partial charge in [0.05, 0.1) is 0 Å². The van der Waals surface area contributed by atoms with Crippen LogP contribution in [0.3, 0.4) is 0 Å². The first-order chi connectivity index (χ1) is 8.04. The molecule has 0 aromatic rings. The summed E-state index contributed by atoms with van der Waals surface area (Å²) >= 11 is 0. The van der Waals surface area contributed by atoms with Crippen LogP contribution in [0.15, 0.2) is 24.0 Å². The molecule has 1 fully saturated rings. The van der Waals surface area contributed by atoms with Crippen LogP contribution in [-0.2, 0) is 4.79 Å². The first-order valence-electron chi connectivity index (χ1n) is 6.09. The van der Waals surface area contributed by atoms with Crippen molar-refractivity contribution in [3.63, 3.8) is 0 Å². The van der Waals surface area contributed by atoms with Gasteiger partial charge in [-0.1, -0.05) is 25.3 Å². The lowest BCUT2D eigenvalue weighted by atomic mass is 9.68. The van der Waals surface area contributed by atoms with Crippen LogP contribution in [0.4, 0.5) is 0 Å². The van der Waals surface area contributed by atoms with E-state index in [1.165, 1.54) is 18.2 Å². The van der Waals surface area contributed by atoms with Gasteiger partial charge in [0.1, 0.15) is 17.3 Å². The Morgan fingerprint density at radius 2 is 1.94 bits per heavy atom. The van der Waals surface area contributed by atoms with E-state index in [1.54, 1.807) is 0 Å². The van der Waals surface area contributed by atoms with Crippen LogP contribution in [0.25, 0.3) is 0 Å². The fourth-order valence-electron chi connectivity index (χ4n) is 2.94. The van der Waals surface area contributed by atoms with E-state index in [2.05, 4.69) is 0 Å². The molecule has 0 aromatic carbocycles. The lowest BCUT2D eigenvalue weighted by molar-refractivity contribution is -0.149. The highest BCUT2D eigenvalue weighted by Gasteiger charge is 2.46. The van der Waals surface area contributed by atoms with E-state index in [0.717, 1.165) is 32.1 Å². The van der Waals surface area contributed by atoms with Crippen LogP contribution in [-0.4, -0.2) is 26.9 Å². The fourth-order valence-corrected chi connectivity index (χ4v) is 2.94. The molecule has 2 aliphatic rings. The van der Waals surface area contributed by atoms with Gasteiger partial charge in [-0.15, -0.1) is 0 Å².